The van der Waals surface area contributed by atoms with Gasteiger partial charge in [-0.1, -0.05) is 35.0 Å². The highest BCUT2D eigenvalue weighted by Crippen LogP contribution is 2.16. The first kappa shape index (κ1) is 11.7. The number of rotatable bonds is 5. The van der Waals surface area contributed by atoms with Crippen LogP contribution in [0, 0.1) is 5.92 Å². The molecule has 0 saturated heterocycles. The van der Waals surface area contributed by atoms with E-state index < -0.39 is 0 Å². The summed E-state index contributed by atoms with van der Waals surface area (Å²) in [6, 6.07) is 8.57. The van der Waals surface area contributed by atoms with Gasteiger partial charge in [-0.15, -0.1) is 0 Å². The van der Waals surface area contributed by atoms with Gasteiger partial charge in [0.15, 0.2) is 0 Å². The van der Waals surface area contributed by atoms with Gasteiger partial charge in [-0.3, -0.25) is 0 Å². The van der Waals surface area contributed by atoms with Crippen LogP contribution in [0.5, 0.6) is 0 Å². The highest BCUT2D eigenvalue weighted by molar-refractivity contribution is 9.10. The zero-order valence-corrected chi connectivity index (χ0v) is 10.5. The van der Waals surface area contributed by atoms with Crippen LogP contribution in [0.3, 0.4) is 0 Å². The third-order valence-electron chi connectivity index (χ3n) is 2.36. The summed E-state index contributed by atoms with van der Waals surface area (Å²) >= 11 is 3.49. The van der Waals surface area contributed by atoms with E-state index in [4.69, 9.17) is 0 Å². The molecule has 78 valence electrons. The van der Waals surface area contributed by atoms with Crippen LogP contribution >= 0.6 is 15.9 Å². The van der Waals surface area contributed by atoms with Gasteiger partial charge >= 0.3 is 0 Å². The summed E-state index contributed by atoms with van der Waals surface area (Å²) in [6.07, 6.45) is 2.41. The Labute approximate surface area is 95.0 Å². The molecule has 1 rings (SSSR count). The molecule has 1 aromatic carbocycles. The minimum absolute atomic E-state index is 0.747. The smallest absolute Gasteiger partial charge is 0.0177 e. The number of hydrogen-bond acceptors (Lipinski definition) is 1. The van der Waals surface area contributed by atoms with Crippen molar-refractivity contribution in [2.75, 3.05) is 13.6 Å². The van der Waals surface area contributed by atoms with Crippen LogP contribution in [-0.2, 0) is 6.42 Å². The first-order chi connectivity index (χ1) is 6.72. The third-order valence-corrected chi connectivity index (χ3v) is 2.85. The molecule has 1 atom stereocenters. The summed E-state index contributed by atoms with van der Waals surface area (Å²) in [6.45, 7) is 3.41. The van der Waals surface area contributed by atoms with Gasteiger partial charge in [0.1, 0.15) is 0 Å². The summed E-state index contributed by atoms with van der Waals surface area (Å²) < 4.78 is 1.18. The highest BCUT2D eigenvalue weighted by Gasteiger charge is 2.03. The van der Waals surface area contributed by atoms with E-state index in [0.29, 0.717) is 0 Å². The number of hydrogen-bond donors (Lipinski definition) is 1. The largest absolute Gasteiger partial charge is 0.320 e. The second kappa shape index (κ2) is 6.20. The number of halogens is 1. The van der Waals surface area contributed by atoms with E-state index in [-0.39, 0.29) is 0 Å². The lowest BCUT2D eigenvalue weighted by molar-refractivity contribution is 0.515. The number of benzene rings is 1. The Bertz CT molecular complexity index is 273. The zero-order valence-electron chi connectivity index (χ0n) is 8.89. The summed E-state index contributed by atoms with van der Waals surface area (Å²) in [7, 11) is 2.01. The van der Waals surface area contributed by atoms with Crippen molar-refractivity contribution in [3.63, 3.8) is 0 Å². The van der Waals surface area contributed by atoms with Crippen molar-refractivity contribution in [1.29, 1.82) is 0 Å². The van der Waals surface area contributed by atoms with E-state index in [2.05, 4.69) is 52.4 Å². The average Bonchev–Trinajstić information content (AvgIpc) is 2.15. The lowest BCUT2D eigenvalue weighted by Crippen LogP contribution is -2.12. The van der Waals surface area contributed by atoms with Crippen molar-refractivity contribution in [3.05, 3.63) is 34.3 Å². The molecular formula is C12H18BrN. The van der Waals surface area contributed by atoms with Crippen molar-refractivity contribution in [3.8, 4) is 0 Å². The standard InChI is InChI=1S/C12H18BrN/c1-10(6-7-14-2)8-11-4-3-5-12(13)9-11/h3-5,9-10,14H,6-8H2,1-2H3. The topological polar surface area (TPSA) is 12.0 Å². The second-order valence-electron chi connectivity index (χ2n) is 3.83. The van der Waals surface area contributed by atoms with Gasteiger partial charge in [-0.2, -0.15) is 0 Å². The first-order valence-corrected chi connectivity index (χ1v) is 5.90. The molecule has 0 saturated carbocycles. The molecule has 0 aromatic heterocycles. The predicted octanol–water partition coefficient (Wildman–Crippen LogP) is 3.24. The van der Waals surface area contributed by atoms with E-state index in [1.54, 1.807) is 0 Å². The van der Waals surface area contributed by atoms with Gasteiger partial charge in [0.2, 0.25) is 0 Å². The van der Waals surface area contributed by atoms with Crippen molar-refractivity contribution < 1.29 is 0 Å². The van der Waals surface area contributed by atoms with Gasteiger partial charge in [-0.05, 0) is 50.0 Å². The van der Waals surface area contributed by atoms with Crippen LogP contribution in [0.2, 0.25) is 0 Å². The van der Waals surface area contributed by atoms with Crippen LogP contribution in [0.15, 0.2) is 28.7 Å². The summed E-state index contributed by atoms with van der Waals surface area (Å²) in [5.74, 6) is 0.747. The van der Waals surface area contributed by atoms with Crippen molar-refractivity contribution >= 4 is 15.9 Å². The fraction of sp³-hybridized carbons (Fsp3) is 0.500. The molecule has 0 radical (unpaired) electrons. The number of nitrogens with one attached hydrogen (secondary N) is 1. The fourth-order valence-electron chi connectivity index (χ4n) is 1.56. The van der Waals surface area contributed by atoms with E-state index in [1.807, 2.05) is 7.05 Å². The Kier molecular flexibility index (Phi) is 5.20. The van der Waals surface area contributed by atoms with Crippen molar-refractivity contribution in [2.45, 2.75) is 19.8 Å². The van der Waals surface area contributed by atoms with Crippen LogP contribution in [0.1, 0.15) is 18.9 Å². The first-order valence-electron chi connectivity index (χ1n) is 5.11. The van der Waals surface area contributed by atoms with Crippen LogP contribution < -0.4 is 5.32 Å². The quantitative estimate of drug-likeness (QED) is 0.852. The molecule has 14 heavy (non-hydrogen) atoms. The molecule has 0 fully saturated rings. The minimum atomic E-state index is 0.747. The molecule has 0 heterocycles. The molecule has 1 unspecified atom stereocenters. The zero-order chi connectivity index (χ0) is 10.4. The highest BCUT2D eigenvalue weighted by atomic mass is 79.9. The summed E-state index contributed by atoms with van der Waals surface area (Å²) in [5, 5.41) is 3.19. The molecule has 0 amide bonds. The molecule has 2 heteroatoms. The lowest BCUT2D eigenvalue weighted by atomic mass is 9.98. The summed E-state index contributed by atoms with van der Waals surface area (Å²) in [5.41, 5.74) is 1.42. The second-order valence-corrected chi connectivity index (χ2v) is 4.75. The molecule has 1 nitrogen and oxygen atoms in total. The molecule has 0 aliphatic carbocycles. The minimum Gasteiger partial charge on any atom is -0.320 e. The van der Waals surface area contributed by atoms with Crippen LogP contribution in [-0.4, -0.2) is 13.6 Å². The molecule has 1 aromatic rings. The van der Waals surface area contributed by atoms with E-state index in [0.717, 1.165) is 12.5 Å². The average molecular weight is 256 g/mol. The van der Waals surface area contributed by atoms with Crippen LogP contribution in [0.4, 0.5) is 0 Å². The maximum Gasteiger partial charge on any atom is 0.0177 e. The fourth-order valence-corrected chi connectivity index (χ4v) is 2.01. The molecular weight excluding hydrogens is 238 g/mol. The van der Waals surface area contributed by atoms with Gasteiger partial charge in [0, 0.05) is 4.47 Å². The van der Waals surface area contributed by atoms with Gasteiger partial charge < -0.3 is 5.32 Å². The summed E-state index contributed by atoms with van der Waals surface area (Å²) in [4.78, 5) is 0. The van der Waals surface area contributed by atoms with Gasteiger partial charge in [-0.25, -0.2) is 0 Å². The molecule has 1 N–H and O–H groups in total. The van der Waals surface area contributed by atoms with Gasteiger partial charge in [0.25, 0.3) is 0 Å². The Morgan fingerprint density at radius 2 is 2.21 bits per heavy atom. The van der Waals surface area contributed by atoms with E-state index >= 15 is 0 Å². The Morgan fingerprint density at radius 1 is 1.43 bits per heavy atom. The van der Waals surface area contributed by atoms with Gasteiger partial charge in [0.05, 0.1) is 0 Å². The lowest BCUT2D eigenvalue weighted by Gasteiger charge is -2.10. The Hall–Kier alpha value is -0.340. The maximum absolute atomic E-state index is 3.49. The maximum atomic E-state index is 3.49. The van der Waals surface area contributed by atoms with Crippen molar-refractivity contribution in [1.82, 2.24) is 5.32 Å². The third kappa shape index (κ3) is 4.25. The predicted molar refractivity (Wildman–Crippen MR) is 65.6 cm³/mol. The SMILES string of the molecule is CNCCC(C)Cc1cccc(Br)c1. The van der Waals surface area contributed by atoms with Crippen LogP contribution in [0.25, 0.3) is 0 Å². The molecule has 0 spiro atoms. The Balaban J connectivity index is 2.43. The molecule has 0 aliphatic heterocycles. The van der Waals surface area contributed by atoms with E-state index in [9.17, 15) is 0 Å². The van der Waals surface area contributed by atoms with E-state index in [1.165, 1.54) is 22.9 Å². The molecule has 0 bridgehead atoms. The van der Waals surface area contributed by atoms with Crippen molar-refractivity contribution in [2.24, 2.45) is 5.92 Å². The Morgan fingerprint density at radius 3 is 2.86 bits per heavy atom. The monoisotopic (exact) mass is 255 g/mol. The molecule has 0 aliphatic rings. The normalized spacial score (nSPS) is 12.8.